The third kappa shape index (κ3) is 5.41. The fraction of sp³-hybridized carbons (Fsp3) is 0.273. The fourth-order valence-corrected chi connectivity index (χ4v) is 3.65. The van der Waals surface area contributed by atoms with E-state index in [1.165, 1.54) is 18.5 Å². The lowest BCUT2D eigenvalue weighted by Gasteiger charge is -2.23. The van der Waals surface area contributed by atoms with E-state index in [0.717, 1.165) is 12.8 Å². The van der Waals surface area contributed by atoms with Gasteiger partial charge >= 0.3 is 0 Å². The van der Waals surface area contributed by atoms with Gasteiger partial charge in [-0.2, -0.15) is 4.98 Å². The summed E-state index contributed by atoms with van der Waals surface area (Å²) in [4.78, 5) is 36.3. The van der Waals surface area contributed by atoms with E-state index in [1.807, 2.05) is 4.90 Å². The second-order valence-corrected chi connectivity index (χ2v) is 7.80. The number of anilines is 1. The zero-order valence-corrected chi connectivity index (χ0v) is 18.4. The maximum Gasteiger partial charge on any atom is 0.257 e. The van der Waals surface area contributed by atoms with Crippen LogP contribution in [0.4, 0.5) is 11.8 Å². The Bertz CT molecular complexity index is 1160. The second kappa shape index (κ2) is 10.3. The van der Waals surface area contributed by atoms with Gasteiger partial charge in [-0.05, 0) is 42.7 Å². The molecule has 1 amide bonds. The van der Waals surface area contributed by atoms with Crippen LogP contribution in [-0.2, 0) is 6.54 Å². The number of aliphatic imine (C=N–C) groups is 1. The van der Waals surface area contributed by atoms with Crippen LogP contribution in [0.15, 0.2) is 47.8 Å². The van der Waals surface area contributed by atoms with E-state index < -0.39 is 5.91 Å². The number of hydrogen-bond donors (Lipinski definition) is 3. The molecule has 0 radical (unpaired) electrons. The molecule has 2 aromatic heterocycles. The van der Waals surface area contributed by atoms with Crippen LogP contribution >= 0.6 is 11.6 Å². The van der Waals surface area contributed by atoms with Crippen molar-refractivity contribution in [1.82, 2.24) is 25.3 Å². The summed E-state index contributed by atoms with van der Waals surface area (Å²) in [5, 5.41) is 22.2. The third-order valence-electron chi connectivity index (χ3n) is 5.18. The average molecular weight is 468 g/mol. The number of benzene rings is 1. The van der Waals surface area contributed by atoms with Gasteiger partial charge in [-0.15, -0.1) is 0 Å². The first kappa shape index (κ1) is 22.6. The molecule has 4 rings (SSSR count). The van der Waals surface area contributed by atoms with Crippen LogP contribution in [0.5, 0.6) is 5.75 Å². The normalized spacial score (nSPS) is 15.8. The number of phenols is 1. The summed E-state index contributed by atoms with van der Waals surface area (Å²) in [5.74, 6) is 0.565. The number of aromatic hydroxyl groups is 1. The summed E-state index contributed by atoms with van der Waals surface area (Å²) in [5.41, 5.74) is 0.798. The molecular weight excluding hydrogens is 446 g/mol. The van der Waals surface area contributed by atoms with Crippen LogP contribution in [0.3, 0.4) is 0 Å². The minimum Gasteiger partial charge on any atom is -0.506 e. The lowest BCUT2D eigenvalue weighted by atomic mass is 10.2. The van der Waals surface area contributed by atoms with E-state index in [9.17, 15) is 15.0 Å². The predicted octanol–water partition coefficient (Wildman–Crippen LogP) is 2.27. The molecule has 0 saturated carbocycles. The summed E-state index contributed by atoms with van der Waals surface area (Å²) >= 11 is 5.98. The molecule has 1 unspecified atom stereocenters. The molecule has 1 atom stereocenters. The predicted molar refractivity (Wildman–Crippen MR) is 123 cm³/mol. The molecule has 3 heterocycles. The zero-order valence-electron chi connectivity index (χ0n) is 17.6. The van der Waals surface area contributed by atoms with E-state index in [1.54, 1.807) is 30.6 Å². The Balaban J connectivity index is 1.63. The molecule has 0 spiro atoms. The highest BCUT2D eigenvalue weighted by Gasteiger charge is 2.27. The number of aliphatic hydroxyl groups excluding tert-OH is 1. The van der Waals surface area contributed by atoms with Gasteiger partial charge in [0.2, 0.25) is 5.95 Å². The van der Waals surface area contributed by atoms with Crippen molar-refractivity contribution >= 4 is 35.5 Å². The van der Waals surface area contributed by atoms with Crippen molar-refractivity contribution in [3.05, 3.63) is 64.8 Å². The van der Waals surface area contributed by atoms with Crippen LogP contribution in [-0.4, -0.2) is 61.5 Å². The van der Waals surface area contributed by atoms with Gasteiger partial charge in [-0.1, -0.05) is 11.6 Å². The van der Waals surface area contributed by atoms with Gasteiger partial charge < -0.3 is 20.4 Å². The van der Waals surface area contributed by atoms with Crippen molar-refractivity contribution in [2.75, 3.05) is 18.1 Å². The Labute approximate surface area is 195 Å². The van der Waals surface area contributed by atoms with E-state index >= 15 is 0 Å². The number of phenolic OH excluding ortho intramolecular Hbond substituents is 1. The molecule has 1 aliphatic heterocycles. The van der Waals surface area contributed by atoms with E-state index in [0.29, 0.717) is 23.9 Å². The number of nitrogens with one attached hydrogen (secondary N) is 1. The van der Waals surface area contributed by atoms with Crippen molar-refractivity contribution in [1.29, 1.82) is 0 Å². The van der Waals surface area contributed by atoms with Crippen molar-refractivity contribution in [3.63, 3.8) is 0 Å². The molecule has 3 aromatic rings. The standard InChI is InChI=1S/C22H22ClN7O3/c23-17-9-14(4-5-18(17)32)10-26-20-16(21(33)27-12-19-24-6-2-7-25-19)11-28-22(29-20)30-8-1-3-15(30)13-31/h2,4-7,9-11,15,31-32H,1,3,8,12-13H2,(H,27,33). The molecule has 1 aliphatic rings. The van der Waals surface area contributed by atoms with Gasteiger partial charge in [0.15, 0.2) is 5.82 Å². The maximum atomic E-state index is 12.9. The number of carbonyl (C=O) groups excluding carboxylic acids is 1. The van der Waals surface area contributed by atoms with E-state index in [2.05, 4.69) is 30.2 Å². The fourth-order valence-electron chi connectivity index (χ4n) is 3.46. The number of halogens is 1. The van der Waals surface area contributed by atoms with E-state index in [4.69, 9.17) is 11.6 Å². The van der Waals surface area contributed by atoms with Crippen LogP contribution in [0.1, 0.15) is 34.6 Å². The van der Waals surface area contributed by atoms with Gasteiger partial charge in [0, 0.05) is 31.3 Å². The molecule has 10 nitrogen and oxygen atoms in total. The van der Waals surface area contributed by atoms with Gasteiger partial charge in [-0.3, -0.25) is 4.79 Å². The number of carbonyl (C=O) groups is 1. The van der Waals surface area contributed by atoms with Gasteiger partial charge in [0.05, 0.1) is 24.2 Å². The minimum absolute atomic E-state index is 0.00666. The Morgan fingerprint density at radius 1 is 1.30 bits per heavy atom. The van der Waals surface area contributed by atoms with Crippen molar-refractivity contribution in [2.24, 2.45) is 4.99 Å². The quantitative estimate of drug-likeness (QED) is 0.450. The Morgan fingerprint density at radius 3 is 2.88 bits per heavy atom. The summed E-state index contributed by atoms with van der Waals surface area (Å²) in [6, 6.07) is 6.27. The van der Waals surface area contributed by atoms with Crippen molar-refractivity contribution in [2.45, 2.75) is 25.4 Å². The molecule has 1 fully saturated rings. The van der Waals surface area contributed by atoms with Crippen molar-refractivity contribution in [3.8, 4) is 5.75 Å². The largest absolute Gasteiger partial charge is 0.506 e. The number of aromatic nitrogens is 4. The number of hydrogen-bond acceptors (Lipinski definition) is 9. The summed E-state index contributed by atoms with van der Waals surface area (Å²) in [6.07, 6.45) is 7.87. The Hall–Kier alpha value is -3.63. The first-order valence-electron chi connectivity index (χ1n) is 10.4. The molecule has 170 valence electrons. The highest BCUT2D eigenvalue weighted by atomic mass is 35.5. The van der Waals surface area contributed by atoms with Gasteiger partial charge in [0.1, 0.15) is 17.1 Å². The topological polar surface area (TPSA) is 137 Å². The molecule has 33 heavy (non-hydrogen) atoms. The molecule has 1 aromatic carbocycles. The lowest BCUT2D eigenvalue weighted by molar-refractivity contribution is 0.0950. The van der Waals surface area contributed by atoms with Gasteiger partial charge in [0.25, 0.3) is 5.91 Å². The van der Waals surface area contributed by atoms with E-state index in [-0.39, 0.29) is 41.3 Å². The average Bonchev–Trinajstić information content (AvgIpc) is 3.33. The van der Waals surface area contributed by atoms with Crippen LogP contribution in [0.25, 0.3) is 0 Å². The first-order chi connectivity index (χ1) is 16.0. The third-order valence-corrected chi connectivity index (χ3v) is 5.48. The molecule has 1 saturated heterocycles. The smallest absolute Gasteiger partial charge is 0.257 e. The SMILES string of the molecule is O=C(NCc1ncccn1)c1cnc(N2CCCC2CO)nc1N=Cc1ccc(O)c(Cl)c1. The summed E-state index contributed by atoms with van der Waals surface area (Å²) < 4.78 is 0. The number of amides is 1. The van der Waals surface area contributed by atoms with Crippen LogP contribution in [0.2, 0.25) is 5.02 Å². The highest BCUT2D eigenvalue weighted by Crippen LogP contribution is 2.26. The molecule has 11 heteroatoms. The molecule has 0 aliphatic carbocycles. The maximum absolute atomic E-state index is 12.9. The first-order valence-corrected chi connectivity index (χ1v) is 10.7. The Kier molecular flexibility index (Phi) is 7.06. The summed E-state index contributed by atoms with van der Waals surface area (Å²) in [7, 11) is 0. The number of rotatable bonds is 7. The monoisotopic (exact) mass is 467 g/mol. The highest BCUT2D eigenvalue weighted by molar-refractivity contribution is 6.32. The molecular formula is C22H22ClN7O3. The molecule has 3 N–H and O–H groups in total. The van der Waals surface area contributed by atoms with Crippen LogP contribution < -0.4 is 10.2 Å². The van der Waals surface area contributed by atoms with Crippen molar-refractivity contribution < 1.29 is 15.0 Å². The number of aliphatic hydroxyl groups is 1. The second-order valence-electron chi connectivity index (χ2n) is 7.40. The van der Waals surface area contributed by atoms with Gasteiger partial charge in [-0.25, -0.2) is 19.9 Å². The Morgan fingerprint density at radius 2 is 2.12 bits per heavy atom. The lowest BCUT2D eigenvalue weighted by Crippen LogP contribution is -2.33. The number of nitrogens with zero attached hydrogens (tertiary/aromatic N) is 6. The van der Waals surface area contributed by atoms with Crippen LogP contribution in [0, 0.1) is 0 Å². The molecule has 0 bridgehead atoms. The minimum atomic E-state index is -0.426. The zero-order chi connectivity index (χ0) is 23.2. The summed E-state index contributed by atoms with van der Waals surface area (Å²) in [6.45, 7) is 0.836.